The van der Waals surface area contributed by atoms with Crippen molar-refractivity contribution in [3.63, 3.8) is 0 Å². The molecule has 1 saturated carbocycles. The van der Waals surface area contributed by atoms with E-state index in [-0.39, 0.29) is 6.04 Å². The van der Waals surface area contributed by atoms with E-state index < -0.39 is 10.0 Å². The largest absolute Gasteiger partial charge is 0.399 e. The molecule has 0 spiro atoms. The Kier molecular flexibility index (Phi) is 4.63. The normalized spacial score (nSPS) is 23.5. The Balaban J connectivity index is 2.42. The minimum Gasteiger partial charge on any atom is -0.399 e. The highest BCUT2D eigenvalue weighted by molar-refractivity contribution is 7.89. The van der Waals surface area contributed by atoms with Gasteiger partial charge in [-0.3, -0.25) is 0 Å². The molecule has 2 atom stereocenters. The van der Waals surface area contributed by atoms with Crippen LogP contribution in [-0.4, -0.2) is 25.8 Å². The first kappa shape index (κ1) is 16.3. The molecule has 0 amide bonds. The third-order valence-corrected chi connectivity index (χ3v) is 6.84. The molecule has 118 valence electrons. The molecule has 1 fully saturated rings. The van der Waals surface area contributed by atoms with Crippen LogP contribution >= 0.6 is 0 Å². The van der Waals surface area contributed by atoms with Crippen LogP contribution < -0.4 is 5.73 Å². The molecule has 0 saturated heterocycles. The first-order valence-electron chi connectivity index (χ1n) is 7.60. The SMILES string of the molecule is Cc1cc(N)cc(S(=O)(=O)N(C)C2CCCCC2C)c1C. The van der Waals surface area contributed by atoms with Gasteiger partial charge < -0.3 is 5.73 Å². The molecule has 1 aliphatic rings. The number of benzene rings is 1. The van der Waals surface area contributed by atoms with Crippen LogP contribution in [0.5, 0.6) is 0 Å². The number of anilines is 1. The Morgan fingerprint density at radius 3 is 2.43 bits per heavy atom. The van der Waals surface area contributed by atoms with Crippen LogP contribution in [0, 0.1) is 19.8 Å². The zero-order valence-corrected chi connectivity index (χ0v) is 14.2. The molecule has 0 aliphatic heterocycles. The number of hydrogen-bond donors (Lipinski definition) is 1. The van der Waals surface area contributed by atoms with E-state index in [4.69, 9.17) is 5.73 Å². The summed E-state index contributed by atoms with van der Waals surface area (Å²) in [6.45, 7) is 5.89. The van der Waals surface area contributed by atoms with Gasteiger partial charge in [0.05, 0.1) is 4.90 Å². The van der Waals surface area contributed by atoms with Gasteiger partial charge in [-0.1, -0.05) is 19.8 Å². The zero-order chi connectivity index (χ0) is 15.8. The highest BCUT2D eigenvalue weighted by Gasteiger charge is 2.34. The van der Waals surface area contributed by atoms with Gasteiger partial charge in [0.15, 0.2) is 0 Å². The second-order valence-electron chi connectivity index (χ2n) is 6.31. The Labute approximate surface area is 128 Å². The van der Waals surface area contributed by atoms with Crippen LogP contribution in [0.25, 0.3) is 0 Å². The smallest absolute Gasteiger partial charge is 0.243 e. The van der Waals surface area contributed by atoms with E-state index in [0.29, 0.717) is 16.5 Å². The standard InChI is InChI=1S/C16H26N2O2S/c1-11-7-5-6-8-15(11)18(4)21(19,20)16-10-14(17)9-12(2)13(16)3/h9-11,15H,5-8,17H2,1-4H3. The maximum atomic E-state index is 13.0. The summed E-state index contributed by atoms with van der Waals surface area (Å²) in [6.07, 6.45) is 4.34. The van der Waals surface area contributed by atoms with Gasteiger partial charge in [-0.2, -0.15) is 4.31 Å². The fourth-order valence-corrected chi connectivity index (χ4v) is 5.10. The molecule has 0 heterocycles. The van der Waals surface area contributed by atoms with Gasteiger partial charge in [-0.25, -0.2) is 8.42 Å². The number of nitrogens with zero attached hydrogens (tertiary/aromatic N) is 1. The van der Waals surface area contributed by atoms with Crippen LogP contribution in [0.4, 0.5) is 5.69 Å². The first-order valence-corrected chi connectivity index (χ1v) is 9.04. The first-order chi connectivity index (χ1) is 9.75. The average molecular weight is 310 g/mol. The highest BCUT2D eigenvalue weighted by Crippen LogP contribution is 2.32. The lowest BCUT2D eigenvalue weighted by molar-refractivity contribution is 0.213. The number of hydrogen-bond acceptors (Lipinski definition) is 3. The maximum Gasteiger partial charge on any atom is 0.243 e. The molecular formula is C16H26N2O2S. The van der Waals surface area contributed by atoms with Gasteiger partial charge >= 0.3 is 0 Å². The molecule has 1 aromatic rings. The third kappa shape index (κ3) is 3.09. The van der Waals surface area contributed by atoms with Crippen molar-refractivity contribution in [3.05, 3.63) is 23.3 Å². The summed E-state index contributed by atoms with van der Waals surface area (Å²) < 4.78 is 27.5. The number of aryl methyl sites for hydroxylation is 1. The van der Waals surface area contributed by atoms with Crippen LogP contribution in [0.1, 0.15) is 43.7 Å². The van der Waals surface area contributed by atoms with Gasteiger partial charge in [0.25, 0.3) is 0 Å². The van der Waals surface area contributed by atoms with Crippen LogP contribution in [-0.2, 0) is 10.0 Å². The van der Waals surface area contributed by atoms with Crippen LogP contribution in [0.2, 0.25) is 0 Å². The van der Waals surface area contributed by atoms with Crippen molar-refractivity contribution in [1.82, 2.24) is 4.31 Å². The van der Waals surface area contributed by atoms with Crippen LogP contribution in [0.3, 0.4) is 0 Å². The summed E-state index contributed by atoms with van der Waals surface area (Å²) in [5, 5.41) is 0. The quantitative estimate of drug-likeness (QED) is 0.873. The average Bonchev–Trinajstić information content (AvgIpc) is 2.42. The van der Waals surface area contributed by atoms with E-state index in [1.807, 2.05) is 19.9 Å². The number of rotatable bonds is 3. The Morgan fingerprint density at radius 1 is 1.19 bits per heavy atom. The highest BCUT2D eigenvalue weighted by atomic mass is 32.2. The molecule has 1 aromatic carbocycles. The predicted molar refractivity (Wildman–Crippen MR) is 86.7 cm³/mol. The topological polar surface area (TPSA) is 63.4 Å². The van der Waals surface area contributed by atoms with Gasteiger partial charge in [-0.05, 0) is 55.9 Å². The molecular weight excluding hydrogens is 284 g/mol. The number of nitrogens with two attached hydrogens (primary N) is 1. The summed E-state index contributed by atoms with van der Waals surface area (Å²) in [7, 11) is -1.79. The molecule has 21 heavy (non-hydrogen) atoms. The molecule has 2 rings (SSSR count). The maximum absolute atomic E-state index is 13.0. The van der Waals surface area contributed by atoms with Crippen molar-refractivity contribution in [1.29, 1.82) is 0 Å². The Morgan fingerprint density at radius 2 is 1.81 bits per heavy atom. The number of nitrogen functional groups attached to an aromatic ring is 1. The van der Waals surface area contributed by atoms with Crippen LogP contribution in [0.15, 0.2) is 17.0 Å². The molecule has 4 nitrogen and oxygen atoms in total. The Hall–Kier alpha value is -1.07. The van der Waals surface area contributed by atoms with Crippen molar-refractivity contribution in [3.8, 4) is 0 Å². The summed E-state index contributed by atoms with van der Waals surface area (Å²) in [5.41, 5.74) is 8.06. The lowest BCUT2D eigenvalue weighted by atomic mass is 9.86. The number of sulfonamides is 1. The van der Waals surface area contributed by atoms with E-state index in [9.17, 15) is 8.42 Å². The van der Waals surface area contributed by atoms with Crippen molar-refractivity contribution >= 4 is 15.7 Å². The van der Waals surface area contributed by atoms with E-state index in [1.165, 1.54) is 6.42 Å². The van der Waals surface area contributed by atoms with E-state index in [0.717, 1.165) is 30.4 Å². The molecule has 1 aliphatic carbocycles. The molecule has 0 aromatic heterocycles. The second-order valence-corrected chi connectivity index (χ2v) is 8.28. The van der Waals surface area contributed by atoms with Gasteiger partial charge in [0.2, 0.25) is 10.0 Å². The third-order valence-electron chi connectivity index (χ3n) is 4.83. The summed E-state index contributed by atoms with van der Waals surface area (Å²) in [6, 6.07) is 3.49. The Bertz CT molecular complexity index is 625. The molecule has 0 bridgehead atoms. The second kappa shape index (κ2) is 5.97. The minimum atomic E-state index is -3.49. The monoisotopic (exact) mass is 310 g/mol. The van der Waals surface area contributed by atoms with Gasteiger partial charge in [0.1, 0.15) is 0 Å². The predicted octanol–water partition coefficient (Wildman–Crippen LogP) is 3.08. The fraction of sp³-hybridized carbons (Fsp3) is 0.625. The van der Waals surface area contributed by atoms with Crippen molar-refractivity contribution in [2.45, 2.75) is 57.4 Å². The summed E-state index contributed by atoms with van der Waals surface area (Å²) >= 11 is 0. The van der Waals surface area contributed by atoms with Crippen molar-refractivity contribution in [2.24, 2.45) is 5.92 Å². The summed E-state index contributed by atoms with van der Waals surface area (Å²) in [4.78, 5) is 0.347. The fourth-order valence-electron chi connectivity index (χ4n) is 3.29. The van der Waals surface area contributed by atoms with Crippen molar-refractivity contribution < 1.29 is 8.42 Å². The van der Waals surface area contributed by atoms with Gasteiger partial charge in [-0.15, -0.1) is 0 Å². The molecule has 2 unspecified atom stereocenters. The lowest BCUT2D eigenvalue weighted by Crippen LogP contribution is -2.42. The summed E-state index contributed by atoms with van der Waals surface area (Å²) in [5.74, 6) is 0.404. The van der Waals surface area contributed by atoms with Crippen molar-refractivity contribution in [2.75, 3.05) is 12.8 Å². The van der Waals surface area contributed by atoms with E-state index in [1.54, 1.807) is 17.4 Å². The van der Waals surface area contributed by atoms with Gasteiger partial charge in [0, 0.05) is 18.8 Å². The van der Waals surface area contributed by atoms with E-state index >= 15 is 0 Å². The zero-order valence-electron chi connectivity index (χ0n) is 13.4. The molecule has 0 radical (unpaired) electrons. The van der Waals surface area contributed by atoms with E-state index in [2.05, 4.69) is 6.92 Å². The lowest BCUT2D eigenvalue weighted by Gasteiger charge is -2.35. The minimum absolute atomic E-state index is 0.0879. The molecule has 5 heteroatoms. The molecule has 2 N–H and O–H groups in total.